The van der Waals surface area contributed by atoms with Gasteiger partial charge in [-0.15, -0.1) is 11.3 Å². The summed E-state index contributed by atoms with van der Waals surface area (Å²) >= 11 is 0.747. The Hall–Kier alpha value is -1.85. The van der Waals surface area contributed by atoms with Gasteiger partial charge in [-0.25, -0.2) is 0 Å². The molecule has 0 atom stereocenters. The van der Waals surface area contributed by atoms with E-state index in [1.165, 1.54) is 0 Å². The third-order valence-corrected chi connectivity index (χ3v) is 4.82. The van der Waals surface area contributed by atoms with Gasteiger partial charge in [-0.3, -0.25) is 0 Å². The summed E-state index contributed by atoms with van der Waals surface area (Å²) in [5, 5.41) is 9.80. The molecule has 2 aromatic carbocycles. The molecule has 0 aliphatic heterocycles. The molecule has 0 amide bonds. The average Bonchev–Trinajstić information content (AvgIpc) is 2.86. The molecule has 1 aromatic heterocycles. The number of hydrogen-bond acceptors (Lipinski definition) is 2. The van der Waals surface area contributed by atoms with E-state index in [1.54, 1.807) is 49.4 Å². The summed E-state index contributed by atoms with van der Waals surface area (Å²) in [5.41, 5.74) is 2.19. The van der Waals surface area contributed by atoms with Crippen molar-refractivity contribution in [1.29, 1.82) is 0 Å². The standard InChI is InChI=1S/C17H13F3OS/c1-10-4-2-3-5-12(10)15-13-8-11(9-21)6-7-14(13)22-16(15)17(18,19)20/h2-8,21H,9H2,1H3. The smallest absolute Gasteiger partial charge is 0.392 e. The van der Waals surface area contributed by atoms with Crippen molar-refractivity contribution in [3.63, 3.8) is 0 Å². The molecule has 114 valence electrons. The number of benzene rings is 2. The second-order valence-electron chi connectivity index (χ2n) is 5.11. The van der Waals surface area contributed by atoms with Crippen molar-refractivity contribution >= 4 is 21.4 Å². The summed E-state index contributed by atoms with van der Waals surface area (Å²) in [4.78, 5) is -0.591. The molecule has 0 spiro atoms. The maximum Gasteiger partial charge on any atom is 0.426 e. The summed E-state index contributed by atoms with van der Waals surface area (Å²) in [7, 11) is 0. The van der Waals surface area contributed by atoms with E-state index in [0.717, 1.165) is 16.9 Å². The predicted molar refractivity (Wildman–Crippen MR) is 82.9 cm³/mol. The molecule has 3 aromatic rings. The Kier molecular flexibility index (Phi) is 3.70. The summed E-state index contributed by atoms with van der Waals surface area (Å²) in [6.07, 6.45) is -4.40. The van der Waals surface area contributed by atoms with Gasteiger partial charge in [0.2, 0.25) is 0 Å². The molecule has 0 aliphatic rings. The zero-order chi connectivity index (χ0) is 15.9. The second-order valence-corrected chi connectivity index (χ2v) is 6.16. The number of halogens is 3. The van der Waals surface area contributed by atoms with Gasteiger partial charge in [-0.05, 0) is 35.7 Å². The zero-order valence-electron chi connectivity index (χ0n) is 11.7. The number of aliphatic hydroxyl groups is 1. The third-order valence-electron chi connectivity index (χ3n) is 3.61. The molecule has 3 rings (SSSR count). The summed E-state index contributed by atoms with van der Waals surface area (Å²) in [5.74, 6) is 0. The largest absolute Gasteiger partial charge is 0.426 e. The molecule has 0 aliphatic carbocycles. The lowest BCUT2D eigenvalue weighted by Gasteiger charge is -2.11. The lowest BCUT2D eigenvalue weighted by molar-refractivity contribution is -0.133. The van der Waals surface area contributed by atoms with Crippen molar-refractivity contribution in [2.75, 3.05) is 0 Å². The number of thiophene rings is 1. The van der Waals surface area contributed by atoms with Crippen LogP contribution in [-0.4, -0.2) is 5.11 Å². The van der Waals surface area contributed by atoms with Crippen molar-refractivity contribution in [1.82, 2.24) is 0 Å². The highest BCUT2D eigenvalue weighted by molar-refractivity contribution is 7.19. The van der Waals surface area contributed by atoms with E-state index in [9.17, 15) is 18.3 Å². The minimum atomic E-state index is -4.40. The Morgan fingerprint density at radius 3 is 2.45 bits per heavy atom. The predicted octanol–water partition coefficient (Wildman–Crippen LogP) is 5.39. The fourth-order valence-corrected chi connectivity index (χ4v) is 3.63. The van der Waals surface area contributed by atoms with Gasteiger partial charge in [0, 0.05) is 15.6 Å². The molecule has 5 heteroatoms. The van der Waals surface area contributed by atoms with Gasteiger partial charge >= 0.3 is 6.18 Å². The lowest BCUT2D eigenvalue weighted by Crippen LogP contribution is -2.04. The third kappa shape index (κ3) is 2.51. The number of hydrogen-bond donors (Lipinski definition) is 1. The van der Waals surface area contributed by atoms with E-state index in [4.69, 9.17) is 0 Å². The van der Waals surface area contributed by atoms with Crippen molar-refractivity contribution in [2.45, 2.75) is 19.7 Å². The minimum absolute atomic E-state index is 0.194. The number of alkyl halides is 3. The van der Waals surface area contributed by atoms with Crippen LogP contribution in [0.5, 0.6) is 0 Å². The first-order valence-corrected chi connectivity index (χ1v) is 7.53. The van der Waals surface area contributed by atoms with Gasteiger partial charge in [-0.2, -0.15) is 13.2 Å². The monoisotopic (exact) mass is 322 g/mol. The first kappa shape index (κ1) is 15.1. The van der Waals surface area contributed by atoms with E-state index >= 15 is 0 Å². The fraction of sp³-hybridized carbons (Fsp3) is 0.176. The molecule has 0 unspecified atom stereocenters. The second kappa shape index (κ2) is 5.41. The fourth-order valence-electron chi connectivity index (χ4n) is 2.56. The van der Waals surface area contributed by atoms with Crippen LogP contribution in [0.4, 0.5) is 13.2 Å². The van der Waals surface area contributed by atoms with E-state index in [-0.39, 0.29) is 12.2 Å². The molecule has 0 radical (unpaired) electrons. The normalized spacial score (nSPS) is 12.0. The van der Waals surface area contributed by atoms with Crippen LogP contribution in [0.2, 0.25) is 0 Å². The topological polar surface area (TPSA) is 20.2 Å². The molecule has 0 saturated carbocycles. The Bertz CT molecular complexity index is 834. The van der Waals surface area contributed by atoms with Gasteiger partial charge in [-0.1, -0.05) is 30.3 Å². The highest BCUT2D eigenvalue weighted by Gasteiger charge is 2.37. The maximum absolute atomic E-state index is 13.4. The molecule has 1 nitrogen and oxygen atoms in total. The van der Waals surface area contributed by atoms with Gasteiger partial charge in [0.15, 0.2) is 0 Å². The highest BCUT2D eigenvalue weighted by atomic mass is 32.1. The van der Waals surface area contributed by atoms with Crippen LogP contribution >= 0.6 is 11.3 Å². The van der Waals surface area contributed by atoms with Crippen LogP contribution in [0.3, 0.4) is 0 Å². The average molecular weight is 322 g/mol. The van der Waals surface area contributed by atoms with Gasteiger partial charge in [0.05, 0.1) is 6.61 Å². The minimum Gasteiger partial charge on any atom is -0.392 e. The zero-order valence-corrected chi connectivity index (χ0v) is 12.6. The highest BCUT2D eigenvalue weighted by Crippen LogP contribution is 2.47. The summed E-state index contributed by atoms with van der Waals surface area (Å²) in [6.45, 7) is 1.61. The maximum atomic E-state index is 13.4. The van der Waals surface area contributed by atoms with Gasteiger partial charge < -0.3 is 5.11 Å². The summed E-state index contributed by atoms with van der Waals surface area (Å²) in [6, 6.07) is 12.0. The number of fused-ring (bicyclic) bond motifs is 1. The number of aryl methyl sites for hydroxylation is 1. The van der Waals surface area contributed by atoms with Crippen LogP contribution in [0.25, 0.3) is 21.2 Å². The van der Waals surface area contributed by atoms with Crippen LogP contribution < -0.4 is 0 Å². The van der Waals surface area contributed by atoms with Crippen molar-refractivity contribution in [3.05, 3.63) is 58.5 Å². The van der Waals surface area contributed by atoms with Crippen molar-refractivity contribution < 1.29 is 18.3 Å². The van der Waals surface area contributed by atoms with E-state index in [0.29, 0.717) is 21.2 Å². The lowest BCUT2D eigenvalue weighted by atomic mass is 9.97. The molecule has 22 heavy (non-hydrogen) atoms. The van der Waals surface area contributed by atoms with E-state index < -0.39 is 11.1 Å². The molecule has 0 bridgehead atoms. The molecular weight excluding hydrogens is 309 g/mol. The van der Waals surface area contributed by atoms with Crippen molar-refractivity contribution in [3.8, 4) is 11.1 Å². The van der Waals surface area contributed by atoms with Crippen LogP contribution in [0.1, 0.15) is 16.0 Å². The van der Waals surface area contributed by atoms with Crippen molar-refractivity contribution in [2.24, 2.45) is 0 Å². The van der Waals surface area contributed by atoms with Gasteiger partial charge in [0.25, 0.3) is 0 Å². The van der Waals surface area contributed by atoms with Crippen LogP contribution in [0.15, 0.2) is 42.5 Å². The quantitative estimate of drug-likeness (QED) is 0.671. The molecule has 0 saturated heterocycles. The Labute approximate surface area is 129 Å². The van der Waals surface area contributed by atoms with E-state index in [1.807, 2.05) is 0 Å². The van der Waals surface area contributed by atoms with E-state index in [2.05, 4.69) is 0 Å². The Morgan fingerprint density at radius 1 is 1.09 bits per heavy atom. The first-order valence-electron chi connectivity index (χ1n) is 6.71. The first-order chi connectivity index (χ1) is 10.4. The molecule has 0 fully saturated rings. The van der Waals surface area contributed by atoms with Gasteiger partial charge in [0.1, 0.15) is 4.88 Å². The number of aliphatic hydroxyl groups excluding tert-OH is 1. The molecule has 1 N–H and O–H groups in total. The molecular formula is C17H13F3OS. The summed E-state index contributed by atoms with van der Waals surface area (Å²) < 4.78 is 40.9. The van der Waals surface area contributed by atoms with Crippen LogP contribution in [0, 0.1) is 6.92 Å². The SMILES string of the molecule is Cc1ccccc1-c1c(C(F)(F)F)sc2ccc(CO)cc12. The number of rotatable bonds is 2. The Morgan fingerprint density at radius 2 is 1.82 bits per heavy atom. The Balaban J connectivity index is 2.41. The van der Waals surface area contributed by atoms with Crippen LogP contribution in [-0.2, 0) is 12.8 Å². The molecule has 1 heterocycles.